The fourth-order valence-electron chi connectivity index (χ4n) is 2.17. The summed E-state index contributed by atoms with van der Waals surface area (Å²) in [6.07, 6.45) is 2.78. The predicted octanol–water partition coefficient (Wildman–Crippen LogP) is 1.63. The molecule has 2 rings (SSSR count). The van der Waals surface area contributed by atoms with Crippen LogP contribution in [0.3, 0.4) is 0 Å². The topological polar surface area (TPSA) is 59.0 Å². The number of hydrogen-bond donors (Lipinski definition) is 1. The maximum atomic E-state index is 10.7. The van der Waals surface area contributed by atoms with Crippen LogP contribution in [0.15, 0.2) is 24.3 Å². The van der Waals surface area contributed by atoms with E-state index in [0.29, 0.717) is 0 Å². The summed E-state index contributed by atoms with van der Waals surface area (Å²) in [4.78, 5) is 12.9. The number of nitrogens with zero attached hydrogens (tertiary/aromatic N) is 1. The molecule has 0 aromatic heterocycles. The minimum atomic E-state index is -0.946. The van der Waals surface area contributed by atoms with E-state index in [1.54, 1.807) is 13.2 Å². The second-order valence-electron chi connectivity index (χ2n) is 4.62. The van der Waals surface area contributed by atoms with Crippen LogP contribution in [0.2, 0.25) is 0 Å². The first kappa shape index (κ1) is 14.6. The average Bonchev–Trinajstić information content (AvgIpc) is 2.46. The van der Waals surface area contributed by atoms with Gasteiger partial charge in [0.25, 0.3) is 0 Å². The maximum absolute atomic E-state index is 10.7. The molecule has 1 aromatic carbocycles. The van der Waals surface area contributed by atoms with Gasteiger partial charge in [0.05, 0.1) is 20.3 Å². The van der Waals surface area contributed by atoms with Gasteiger partial charge >= 0.3 is 5.97 Å². The smallest absolute Gasteiger partial charge is 0.328 e. The number of carboxylic acid groups (broad SMARTS) is 1. The van der Waals surface area contributed by atoms with Gasteiger partial charge in [-0.1, -0.05) is 6.07 Å². The summed E-state index contributed by atoms with van der Waals surface area (Å²) in [6, 6.07) is 5.68. The van der Waals surface area contributed by atoms with E-state index < -0.39 is 5.97 Å². The van der Waals surface area contributed by atoms with Gasteiger partial charge in [-0.15, -0.1) is 0 Å². The molecule has 5 nitrogen and oxygen atoms in total. The van der Waals surface area contributed by atoms with Gasteiger partial charge in [-0.2, -0.15) is 0 Å². The molecule has 1 fully saturated rings. The molecule has 1 N–H and O–H groups in total. The lowest BCUT2D eigenvalue weighted by Crippen LogP contribution is -2.35. The van der Waals surface area contributed by atoms with E-state index in [-0.39, 0.29) is 0 Å². The van der Waals surface area contributed by atoms with Gasteiger partial charge in [-0.05, 0) is 29.3 Å². The molecule has 1 aliphatic rings. The van der Waals surface area contributed by atoms with Gasteiger partial charge in [0.2, 0.25) is 0 Å². The molecule has 108 valence electrons. The molecular formula is C15H19NO4. The van der Waals surface area contributed by atoms with Crippen LogP contribution in [0.4, 0.5) is 0 Å². The minimum Gasteiger partial charge on any atom is -0.497 e. The number of methoxy groups -OCH3 is 1. The number of rotatable bonds is 5. The number of carboxylic acids is 1. The van der Waals surface area contributed by atoms with Crippen molar-refractivity contribution in [3.05, 3.63) is 35.4 Å². The molecule has 20 heavy (non-hydrogen) atoms. The van der Waals surface area contributed by atoms with Crippen LogP contribution in [0.1, 0.15) is 11.1 Å². The SMILES string of the molecule is COc1ccc(C=CC(=O)O)c(CN2CCOCC2)c1. The van der Waals surface area contributed by atoms with Crippen molar-refractivity contribution in [2.45, 2.75) is 6.54 Å². The van der Waals surface area contributed by atoms with E-state index in [0.717, 1.165) is 55.8 Å². The number of hydrogen-bond acceptors (Lipinski definition) is 4. The van der Waals surface area contributed by atoms with Crippen LogP contribution >= 0.6 is 0 Å². The van der Waals surface area contributed by atoms with Crippen molar-refractivity contribution >= 4 is 12.0 Å². The molecule has 1 aliphatic heterocycles. The van der Waals surface area contributed by atoms with Gasteiger partial charge < -0.3 is 14.6 Å². The van der Waals surface area contributed by atoms with E-state index in [1.165, 1.54) is 0 Å². The molecule has 0 bridgehead atoms. The lowest BCUT2D eigenvalue weighted by Gasteiger charge is -2.27. The largest absolute Gasteiger partial charge is 0.497 e. The number of carbonyl (C=O) groups is 1. The van der Waals surface area contributed by atoms with Crippen molar-refractivity contribution in [1.82, 2.24) is 4.90 Å². The molecule has 0 aliphatic carbocycles. The molecule has 0 spiro atoms. The summed E-state index contributed by atoms with van der Waals surface area (Å²) in [7, 11) is 1.63. The summed E-state index contributed by atoms with van der Waals surface area (Å²) >= 11 is 0. The van der Waals surface area contributed by atoms with Crippen LogP contribution in [0, 0.1) is 0 Å². The normalized spacial score (nSPS) is 16.4. The third-order valence-corrected chi connectivity index (χ3v) is 3.25. The Morgan fingerprint density at radius 1 is 1.45 bits per heavy atom. The quantitative estimate of drug-likeness (QED) is 0.829. The van der Waals surface area contributed by atoms with E-state index in [2.05, 4.69) is 4.90 Å². The minimum absolute atomic E-state index is 0.740. The van der Waals surface area contributed by atoms with Crippen LogP contribution in [0.25, 0.3) is 6.08 Å². The molecular weight excluding hydrogens is 258 g/mol. The lowest BCUT2D eigenvalue weighted by atomic mass is 10.1. The molecule has 1 heterocycles. The zero-order chi connectivity index (χ0) is 14.4. The highest BCUT2D eigenvalue weighted by atomic mass is 16.5. The number of morpholine rings is 1. The molecule has 1 aromatic rings. The molecule has 0 saturated carbocycles. The third-order valence-electron chi connectivity index (χ3n) is 3.25. The lowest BCUT2D eigenvalue weighted by molar-refractivity contribution is -0.131. The van der Waals surface area contributed by atoms with Crippen molar-refractivity contribution in [3.8, 4) is 5.75 Å². The van der Waals surface area contributed by atoms with Crippen molar-refractivity contribution in [2.24, 2.45) is 0 Å². The second-order valence-corrected chi connectivity index (χ2v) is 4.62. The highest BCUT2D eigenvalue weighted by Gasteiger charge is 2.13. The van der Waals surface area contributed by atoms with Gasteiger partial charge in [0.15, 0.2) is 0 Å². The molecule has 1 saturated heterocycles. The van der Waals surface area contributed by atoms with Gasteiger partial charge in [0, 0.05) is 25.7 Å². The Hall–Kier alpha value is -1.85. The Morgan fingerprint density at radius 2 is 2.20 bits per heavy atom. The Labute approximate surface area is 118 Å². The number of benzene rings is 1. The Bertz CT molecular complexity index is 493. The van der Waals surface area contributed by atoms with E-state index in [9.17, 15) is 4.79 Å². The summed E-state index contributed by atoms with van der Waals surface area (Å²) in [6.45, 7) is 4.02. The van der Waals surface area contributed by atoms with Crippen LogP contribution in [0.5, 0.6) is 5.75 Å². The van der Waals surface area contributed by atoms with Crippen LogP contribution < -0.4 is 4.74 Å². The fourth-order valence-corrected chi connectivity index (χ4v) is 2.17. The molecule has 0 unspecified atom stereocenters. The summed E-state index contributed by atoms with van der Waals surface area (Å²) in [5.74, 6) is -0.168. The molecule has 0 amide bonds. The zero-order valence-corrected chi connectivity index (χ0v) is 11.5. The van der Waals surface area contributed by atoms with Gasteiger partial charge in [0.1, 0.15) is 5.75 Å². The molecule has 0 radical (unpaired) electrons. The van der Waals surface area contributed by atoms with E-state index >= 15 is 0 Å². The second kappa shape index (κ2) is 7.07. The monoisotopic (exact) mass is 277 g/mol. The van der Waals surface area contributed by atoms with Crippen molar-refractivity contribution < 1.29 is 19.4 Å². The Balaban J connectivity index is 2.19. The first-order valence-electron chi connectivity index (χ1n) is 6.57. The van der Waals surface area contributed by atoms with Crippen LogP contribution in [-0.2, 0) is 16.1 Å². The highest BCUT2D eigenvalue weighted by Crippen LogP contribution is 2.21. The van der Waals surface area contributed by atoms with Crippen molar-refractivity contribution in [1.29, 1.82) is 0 Å². The van der Waals surface area contributed by atoms with Crippen molar-refractivity contribution in [2.75, 3.05) is 33.4 Å². The van der Waals surface area contributed by atoms with E-state index in [1.807, 2.05) is 18.2 Å². The summed E-state index contributed by atoms with van der Waals surface area (Å²) in [5, 5.41) is 8.75. The highest BCUT2D eigenvalue weighted by molar-refractivity contribution is 5.85. The fraction of sp³-hybridized carbons (Fsp3) is 0.400. The number of aliphatic carboxylic acids is 1. The van der Waals surface area contributed by atoms with Gasteiger partial charge in [-0.3, -0.25) is 4.90 Å². The van der Waals surface area contributed by atoms with Crippen LogP contribution in [-0.4, -0.2) is 49.4 Å². The molecule has 0 atom stereocenters. The first-order valence-corrected chi connectivity index (χ1v) is 6.57. The first-order chi connectivity index (χ1) is 9.69. The third kappa shape index (κ3) is 4.08. The van der Waals surface area contributed by atoms with Crippen molar-refractivity contribution in [3.63, 3.8) is 0 Å². The Kier molecular flexibility index (Phi) is 5.15. The number of ether oxygens (including phenoxy) is 2. The van der Waals surface area contributed by atoms with E-state index in [4.69, 9.17) is 14.6 Å². The van der Waals surface area contributed by atoms with Gasteiger partial charge in [-0.25, -0.2) is 4.79 Å². The maximum Gasteiger partial charge on any atom is 0.328 e. The summed E-state index contributed by atoms with van der Waals surface area (Å²) in [5.41, 5.74) is 1.96. The predicted molar refractivity (Wildman–Crippen MR) is 75.8 cm³/mol. The standard InChI is InChI=1S/C15H19NO4/c1-19-14-4-2-12(3-5-15(17)18)13(10-14)11-16-6-8-20-9-7-16/h2-5,10H,6-9,11H2,1H3,(H,17,18). The zero-order valence-electron chi connectivity index (χ0n) is 11.5. The summed E-state index contributed by atoms with van der Waals surface area (Å²) < 4.78 is 10.6. The Morgan fingerprint density at radius 3 is 2.85 bits per heavy atom. The molecule has 5 heteroatoms. The average molecular weight is 277 g/mol.